The summed E-state index contributed by atoms with van der Waals surface area (Å²) in [6, 6.07) is 0. The maximum atomic E-state index is 13.0. The van der Waals surface area contributed by atoms with E-state index in [0.29, 0.717) is 12.2 Å². The van der Waals surface area contributed by atoms with Crippen molar-refractivity contribution in [1.82, 2.24) is 14.5 Å². The molecule has 0 unspecified atom stereocenters. The molecule has 1 heterocycles. The summed E-state index contributed by atoms with van der Waals surface area (Å²) in [5.41, 5.74) is -0.341. The van der Waals surface area contributed by atoms with Crippen LogP contribution in [0.3, 0.4) is 0 Å². The number of hydrogen-bond donors (Lipinski definition) is 0. The lowest BCUT2D eigenvalue weighted by atomic mass is 9.84. The molecule has 0 N–H and O–H groups in total. The summed E-state index contributed by atoms with van der Waals surface area (Å²) >= 11 is 0. The van der Waals surface area contributed by atoms with Crippen LogP contribution in [0.2, 0.25) is 0 Å². The molecule has 0 aliphatic carbocycles. The minimum atomic E-state index is -0.341. The fourth-order valence-corrected chi connectivity index (χ4v) is 3.36. The van der Waals surface area contributed by atoms with Gasteiger partial charge in [0.15, 0.2) is 5.78 Å². The standard InChI is InChI=1S/C17H31N3O/c1-6-12-19-13-11-18-16(19)14-15(21)17(7-2,8-3)20(9-4)10-5/h11,13H,6-10,12,14H2,1-5H3. The van der Waals surface area contributed by atoms with Crippen molar-refractivity contribution in [2.75, 3.05) is 13.1 Å². The molecule has 1 aromatic heterocycles. The number of carbonyl (C=O) groups excluding carboxylic acids is 1. The highest BCUT2D eigenvalue weighted by molar-refractivity contribution is 5.89. The van der Waals surface area contributed by atoms with E-state index >= 15 is 0 Å². The van der Waals surface area contributed by atoms with Crippen molar-refractivity contribution in [2.24, 2.45) is 0 Å². The van der Waals surface area contributed by atoms with Crippen molar-refractivity contribution in [1.29, 1.82) is 0 Å². The topological polar surface area (TPSA) is 38.1 Å². The molecule has 0 saturated carbocycles. The van der Waals surface area contributed by atoms with Crippen molar-refractivity contribution in [2.45, 2.75) is 72.4 Å². The lowest BCUT2D eigenvalue weighted by Gasteiger charge is -2.41. The Labute approximate surface area is 129 Å². The molecule has 4 heteroatoms. The summed E-state index contributed by atoms with van der Waals surface area (Å²) in [4.78, 5) is 19.7. The zero-order valence-electron chi connectivity index (χ0n) is 14.4. The van der Waals surface area contributed by atoms with E-state index in [9.17, 15) is 4.79 Å². The van der Waals surface area contributed by atoms with Gasteiger partial charge in [-0.25, -0.2) is 4.98 Å². The second kappa shape index (κ2) is 8.32. The Hall–Kier alpha value is -1.16. The first-order valence-electron chi connectivity index (χ1n) is 8.37. The first-order chi connectivity index (χ1) is 10.1. The van der Waals surface area contributed by atoms with Crippen molar-refractivity contribution in [3.05, 3.63) is 18.2 Å². The SMILES string of the molecule is CCCn1ccnc1CC(=O)C(CC)(CC)N(CC)CC. The average Bonchev–Trinajstić information content (AvgIpc) is 2.92. The highest BCUT2D eigenvalue weighted by Gasteiger charge is 2.39. The van der Waals surface area contributed by atoms with E-state index in [1.807, 2.05) is 6.20 Å². The molecular formula is C17H31N3O. The van der Waals surface area contributed by atoms with Crippen LogP contribution >= 0.6 is 0 Å². The predicted octanol–water partition coefficient (Wildman–Crippen LogP) is 3.31. The second-order valence-corrected chi connectivity index (χ2v) is 5.55. The molecule has 4 nitrogen and oxygen atoms in total. The van der Waals surface area contributed by atoms with Crippen LogP contribution in [0.5, 0.6) is 0 Å². The maximum absolute atomic E-state index is 13.0. The highest BCUT2D eigenvalue weighted by Crippen LogP contribution is 2.26. The first kappa shape index (κ1) is 17.9. The van der Waals surface area contributed by atoms with E-state index < -0.39 is 0 Å². The van der Waals surface area contributed by atoms with E-state index in [4.69, 9.17) is 0 Å². The van der Waals surface area contributed by atoms with Crippen molar-refractivity contribution < 1.29 is 4.79 Å². The van der Waals surface area contributed by atoms with Gasteiger partial charge in [-0.05, 0) is 32.4 Å². The van der Waals surface area contributed by atoms with Crippen molar-refractivity contribution >= 4 is 5.78 Å². The van der Waals surface area contributed by atoms with E-state index in [0.717, 1.165) is 44.7 Å². The second-order valence-electron chi connectivity index (χ2n) is 5.55. The van der Waals surface area contributed by atoms with Crippen LogP contribution in [0.4, 0.5) is 0 Å². The predicted molar refractivity (Wildman–Crippen MR) is 87.5 cm³/mol. The number of ketones is 1. The third-order valence-corrected chi connectivity index (χ3v) is 4.64. The smallest absolute Gasteiger partial charge is 0.160 e. The number of aromatic nitrogens is 2. The number of nitrogens with zero attached hydrogens (tertiary/aromatic N) is 3. The Morgan fingerprint density at radius 3 is 2.29 bits per heavy atom. The third-order valence-electron chi connectivity index (χ3n) is 4.64. The van der Waals surface area contributed by atoms with E-state index in [1.54, 1.807) is 6.20 Å². The molecule has 1 aromatic rings. The Morgan fingerprint density at radius 2 is 1.81 bits per heavy atom. The normalized spacial score (nSPS) is 12.1. The van der Waals surface area contributed by atoms with Crippen LogP contribution in [0.15, 0.2) is 12.4 Å². The van der Waals surface area contributed by atoms with Crippen molar-refractivity contribution in [3.63, 3.8) is 0 Å². The summed E-state index contributed by atoms with van der Waals surface area (Å²) in [6.07, 6.45) is 6.99. The number of likely N-dealkylation sites (N-methyl/N-ethyl adjacent to an activating group) is 1. The molecule has 0 radical (unpaired) electrons. The van der Waals surface area contributed by atoms with Crippen LogP contribution < -0.4 is 0 Å². The average molecular weight is 293 g/mol. The van der Waals surface area contributed by atoms with Crippen LogP contribution in [0, 0.1) is 0 Å². The summed E-state index contributed by atoms with van der Waals surface area (Å²) in [7, 11) is 0. The van der Waals surface area contributed by atoms with E-state index in [1.165, 1.54) is 0 Å². The number of Topliss-reactive ketones (excluding diaryl/α,β-unsaturated/α-hetero) is 1. The molecule has 0 saturated heterocycles. The quantitative estimate of drug-likeness (QED) is 0.664. The van der Waals surface area contributed by atoms with Gasteiger partial charge in [0.25, 0.3) is 0 Å². The van der Waals surface area contributed by atoms with Gasteiger partial charge in [0.2, 0.25) is 0 Å². The summed E-state index contributed by atoms with van der Waals surface area (Å²) in [5.74, 6) is 1.21. The number of aryl methyl sites for hydroxylation is 1. The zero-order valence-corrected chi connectivity index (χ0v) is 14.4. The summed E-state index contributed by atoms with van der Waals surface area (Å²) in [6.45, 7) is 13.4. The lowest BCUT2D eigenvalue weighted by Crippen LogP contribution is -2.54. The van der Waals surface area contributed by atoms with Crippen LogP contribution in [-0.4, -0.2) is 38.9 Å². The van der Waals surface area contributed by atoms with Gasteiger partial charge in [0.05, 0.1) is 12.0 Å². The lowest BCUT2D eigenvalue weighted by molar-refractivity contribution is -0.131. The third kappa shape index (κ3) is 3.73. The molecule has 0 fully saturated rings. The largest absolute Gasteiger partial charge is 0.335 e. The molecule has 0 amide bonds. The highest BCUT2D eigenvalue weighted by atomic mass is 16.1. The minimum Gasteiger partial charge on any atom is -0.335 e. The molecule has 0 spiro atoms. The molecule has 0 aliphatic heterocycles. The van der Waals surface area contributed by atoms with Crippen LogP contribution in [0.25, 0.3) is 0 Å². The summed E-state index contributed by atoms with van der Waals surface area (Å²) in [5, 5.41) is 0. The molecule has 21 heavy (non-hydrogen) atoms. The molecule has 1 rings (SSSR count). The number of rotatable bonds is 10. The fourth-order valence-electron chi connectivity index (χ4n) is 3.36. The Bertz CT molecular complexity index is 431. The molecule has 0 atom stereocenters. The van der Waals surface area contributed by atoms with Crippen molar-refractivity contribution in [3.8, 4) is 0 Å². The number of carbonyl (C=O) groups is 1. The molecular weight excluding hydrogens is 262 g/mol. The van der Waals surface area contributed by atoms with Gasteiger partial charge >= 0.3 is 0 Å². The monoisotopic (exact) mass is 293 g/mol. The van der Waals surface area contributed by atoms with Crippen LogP contribution in [-0.2, 0) is 17.8 Å². The summed E-state index contributed by atoms with van der Waals surface area (Å²) < 4.78 is 2.11. The molecule has 0 aliphatic rings. The molecule has 120 valence electrons. The van der Waals surface area contributed by atoms with Gasteiger partial charge in [0, 0.05) is 18.9 Å². The zero-order chi connectivity index (χ0) is 15.9. The molecule has 0 bridgehead atoms. The van der Waals surface area contributed by atoms with Gasteiger partial charge in [-0.1, -0.05) is 34.6 Å². The Kier molecular flexibility index (Phi) is 7.09. The Morgan fingerprint density at radius 1 is 1.19 bits per heavy atom. The first-order valence-corrected chi connectivity index (χ1v) is 8.37. The van der Waals surface area contributed by atoms with E-state index in [-0.39, 0.29) is 5.54 Å². The van der Waals surface area contributed by atoms with Gasteiger partial charge in [-0.2, -0.15) is 0 Å². The van der Waals surface area contributed by atoms with E-state index in [2.05, 4.69) is 49.1 Å². The van der Waals surface area contributed by atoms with Gasteiger partial charge in [0.1, 0.15) is 5.82 Å². The minimum absolute atomic E-state index is 0.305. The maximum Gasteiger partial charge on any atom is 0.160 e. The molecule has 0 aromatic carbocycles. The van der Waals surface area contributed by atoms with Gasteiger partial charge < -0.3 is 4.57 Å². The fraction of sp³-hybridized carbons (Fsp3) is 0.765. The number of imidazole rings is 1. The number of hydrogen-bond acceptors (Lipinski definition) is 3. The van der Waals surface area contributed by atoms with Gasteiger partial charge in [-0.3, -0.25) is 9.69 Å². The Balaban J connectivity index is 2.98. The van der Waals surface area contributed by atoms with Gasteiger partial charge in [-0.15, -0.1) is 0 Å². The van der Waals surface area contributed by atoms with Crippen LogP contribution in [0.1, 0.15) is 59.7 Å².